The summed E-state index contributed by atoms with van der Waals surface area (Å²) in [6.07, 6.45) is 15.3. The molecule has 3 heteroatoms. The third-order valence-corrected chi connectivity index (χ3v) is 5.45. The van der Waals surface area contributed by atoms with Crippen molar-refractivity contribution in [3.63, 3.8) is 0 Å². The molecule has 0 heterocycles. The molecule has 0 atom stereocenters. The molecule has 0 aromatic rings. The first-order chi connectivity index (χ1) is 6.45. The zero-order chi connectivity index (χ0) is 8.93. The van der Waals surface area contributed by atoms with Crippen LogP contribution in [0.15, 0.2) is 0 Å². The van der Waals surface area contributed by atoms with Crippen LogP contribution in [0.1, 0.15) is 64.2 Å². The Kier molecular flexibility index (Phi) is 10.8. The van der Waals surface area contributed by atoms with E-state index in [1.54, 1.807) is 0 Å². The number of rotatable bonds is 2. The molecule has 0 amide bonds. The van der Waals surface area contributed by atoms with Crippen molar-refractivity contribution in [1.82, 2.24) is 0 Å². The van der Waals surface area contributed by atoms with E-state index in [0.717, 1.165) is 11.3 Å². The van der Waals surface area contributed by atoms with Crippen LogP contribution in [0.4, 0.5) is 0 Å². The Morgan fingerprint density at radius 1 is 0.600 bits per heavy atom. The van der Waals surface area contributed by atoms with Gasteiger partial charge in [-0.15, -0.1) is 0 Å². The van der Waals surface area contributed by atoms with Crippen LogP contribution in [0, 0.1) is 0 Å². The standard InChI is InChI=1S/C12H22P.BrH.Mg/c1-3-7-11(8-4-1)13-12-9-5-2-6-10-12;;/h11-12H,1-10H2;1H;/q-1;;+2/p-1. The number of hydrogen-bond donors (Lipinski definition) is 0. The minimum Gasteiger partial charge on any atom is -1.00 e. The Hall–Kier alpha value is 1.68. The van der Waals surface area contributed by atoms with E-state index in [1.807, 2.05) is 8.58 Å². The van der Waals surface area contributed by atoms with Crippen LogP contribution in [-0.2, 0) is 0 Å². The maximum absolute atomic E-state index is 1.84. The number of halogens is 1. The van der Waals surface area contributed by atoms with Crippen LogP contribution < -0.4 is 17.0 Å². The molecule has 0 unspecified atom stereocenters. The van der Waals surface area contributed by atoms with Crippen LogP contribution in [0.5, 0.6) is 0 Å². The fourth-order valence-corrected chi connectivity index (χ4v) is 4.68. The van der Waals surface area contributed by atoms with E-state index < -0.39 is 0 Å². The second kappa shape index (κ2) is 9.68. The Morgan fingerprint density at radius 2 is 0.933 bits per heavy atom. The van der Waals surface area contributed by atoms with Gasteiger partial charge in [-0.2, -0.15) is 11.3 Å². The van der Waals surface area contributed by atoms with Crippen LogP contribution in [-0.4, -0.2) is 34.4 Å². The van der Waals surface area contributed by atoms with E-state index in [0.29, 0.717) is 0 Å². The third kappa shape index (κ3) is 6.24. The first kappa shape index (κ1) is 16.7. The van der Waals surface area contributed by atoms with Gasteiger partial charge in [0.05, 0.1) is 0 Å². The molecule has 2 saturated carbocycles. The van der Waals surface area contributed by atoms with E-state index in [1.165, 1.54) is 64.2 Å². The Labute approximate surface area is 123 Å². The summed E-state index contributed by atoms with van der Waals surface area (Å²) >= 11 is 0. The van der Waals surface area contributed by atoms with Crippen LogP contribution in [0.2, 0.25) is 0 Å². The van der Waals surface area contributed by atoms with Crippen molar-refractivity contribution in [2.45, 2.75) is 75.5 Å². The van der Waals surface area contributed by atoms with Crippen LogP contribution in [0.3, 0.4) is 0 Å². The molecule has 0 bridgehead atoms. The number of hydrogen-bond acceptors (Lipinski definition) is 0. The molecular formula is C12H22BrMgP. The van der Waals surface area contributed by atoms with Gasteiger partial charge in [0.2, 0.25) is 0 Å². The van der Waals surface area contributed by atoms with Crippen molar-refractivity contribution >= 4 is 31.6 Å². The van der Waals surface area contributed by atoms with Gasteiger partial charge in [-0.05, 0) is 0 Å². The van der Waals surface area contributed by atoms with Gasteiger partial charge >= 0.3 is 23.1 Å². The molecule has 0 spiro atoms. The average Bonchev–Trinajstić information content (AvgIpc) is 2.21. The van der Waals surface area contributed by atoms with Gasteiger partial charge in [0.1, 0.15) is 0 Å². The molecule has 2 rings (SSSR count). The summed E-state index contributed by atoms with van der Waals surface area (Å²) in [6, 6.07) is 0. The van der Waals surface area contributed by atoms with Gasteiger partial charge in [0.15, 0.2) is 0 Å². The molecule has 2 aliphatic carbocycles. The summed E-state index contributed by atoms with van der Waals surface area (Å²) in [4.78, 5) is 0. The second-order valence-corrected chi connectivity index (χ2v) is 6.49. The van der Waals surface area contributed by atoms with E-state index in [9.17, 15) is 0 Å². The second-order valence-electron chi connectivity index (χ2n) is 4.73. The first-order valence-corrected chi connectivity index (χ1v) is 7.18. The molecule has 0 aromatic carbocycles. The Morgan fingerprint density at radius 3 is 1.27 bits per heavy atom. The topological polar surface area (TPSA) is 0 Å². The summed E-state index contributed by atoms with van der Waals surface area (Å²) in [7, 11) is 1.84. The minimum atomic E-state index is 0. The molecule has 0 aromatic heterocycles. The molecule has 84 valence electrons. The Bertz CT molecular complexity index is 127. The fraction of sp³-hybridized carbons (Fsp3) is 1.00. The largest absolute Gasteiger partial charge is 2.00 e. The molecule has 0 saturated heterocycles. The first-order valence-electron chi connectivity index (χ1n) is 6.15. The minimum absolute atomic E-state index is 0. The van der Waals surface area contributed by atoms with Crippen LogP contribution >= 0.6 is 8.58 Å². The van der Waals surface area contributed by atoms with Gasteiger partial charge in [0, 0.05) is 0 Å². The predicted octanol–water partition coefficient (Wildman–Crippen LogP) is 1.22. The van der Waals surface area contributed by atoms with Crippen molar-refractivity contribution in [3.8, 4) is 0 Å². The van der Waals surface area contributed by atoms with Crippen molar-refractivity contribution < 1.29 is 17.0 Å². The fourth-order valence-electron chi connectivity index (χ4n) is 2.76. The molecule has 0 aliphatic heterocycles. The van der Waals surface area contributed by atoms with Crippen molar-refractivity contribution in [3.05, 3.63) is 0 Å². The summed E-state index contributed by atoms with van der Waals surface area (Å²) in [6.45, 7) is 0. The molecule has 2 aliphatic rings. The zero-order valence-electron chi connectivity index (χ0n) is 9.76. The smallest absolute Gasteiger partial charge is 1.00 e. The summed E-state index contributed by atoms with van der Waals surface area (Å²) in [5.74, 6) is 0. The third-order valence-electron chi connectivity index (χ3n) is 3.57. The molecule has 0 N–H and O–H groups in total. The van der Waals surface area contributed by atoms with Gasteiger partial charge in [-0.25, -0.2) is 0 Å². The van der Waals surface area contributed by atoms with Crippen molar-refractivity contribution in [1.29, 1.82) is 0 Å². The van der Waals surface area contributed by atoms with E-state index in [-0.39, 0.29) is 40.0 Å². The average molecular weight is 301 g/mol. The zero-order valence-corrected chi connectivity index (χ0v) is 13.7. The summed E-state index contributed by atoms with van der Waals surface area (Å²) in [5, 5.41) is 0. The molecule has 0 nitrogen and oxygen atoms in total. The monoisotopic (exact) mass is 300 g/mol. The SMILES string of the molecule is C1CCC([P-]C2CCCCC2)CC1.[Br-].[Mg+2]. The normalized spacial score (nSPS) is 24.0. The maximum Gasteiger partial charge on any atom is 2.00 e. The van der Waals surface area contributed by atoms with E-state index >= 15 is 0 Å². The Balaban J connectivity index is 0.000000980. The predicted molar refractivity (Wildman–Crippen MR) is 66.4 cm³/mol. The van der Waals surface area contributed by atoms with Crippen LogP contribution in [0.25, 0.3) is 0 Å². The molecule has 0 radical (unpaired) electrons. The van der Waals surface area contributed by atoms with Crippen molar-refractivity contribution in [2.24, 2.45) is 0 Å². The van der Waals surface area contributed by atoms with Crippen molar-refractivity contribution in [2.75, 3.05) is 0 Å². The molecule has 2 fully saturated rings. The quantitative estimate of drug-likeness (QED) is 0.531. The van der Waals surface area contributed by atoms with E-state index in [2.05, 4.69) is 0 Å². The van der Waals surface area contributed by atoms with Gasteiger partial charge < -0.3 is 25.6 Å². The maximum atomic E-state index is 1.84. The molecule has 15 heavy (non-hydrogen) atoms. The van der Waals surface area contributed by atoms with E-state index in [4.69, 9.17) is 0 Å². The van der Waals surface area contributed by atoms with Gasteiger partial charge in [0.25, 0.3) is 0 Å². The van der Waals surface area contributed by atoms with Gasteiger partial charge in [-0.3, -0.25) is 0 Å². The summed E-state index contributed by atoms with van der Waals surface area (Å²) in [5.41, 5.74) is 2.19. The summed E-state index contributed by atoms with van der Waals surface area (Å²) < 4.78 is 0. The van der Waals surface area contributed by atoms with Gasteiger partial charge in [-0.1, -0.05) is 64.2 Å². The molecular weight excluding hydrogens is 279 g/mol.